The van der Waals surface area contributed by atoms with Crippen LogP contribution in [-0.4, -0.2) is 170 Å². The Kier molecular flexibility index (Phi) is 14.6. The van der Waals surface area contributed by atoms with Crippen LogP contribution >= 0.6 is 0 Å². The lowest BCUT2D eigenvalue weighted by atomic mass is 9.96. The number of amides is 1. The number of hydrogen-bond acceptors (Lipinski definition) is 17. The third kappa shape index (κ3) is 9.76. The quantitative estimate of drug-likeness (QED) is 0.0717. The number of rotatable bonds is 16. The van der Waals surface area contributed by atoms with E-state index in [-0.39, 0.29) is 19.3 Å². The van der Waals surface area contributed by atoms with Gasteiger partial charge < -0.3 is 64.4 Å². The van der Waals surface area contributed by atoms with Crippen LogP contribution in [0.25, 0.3) is 0 Å². The second-order valence-electron chi connectivity index (χ2n) is 14.5. The molecule has 1 aromatic rings. The lowest BCUT2D eigenvalue weighted by Gasteiger charge is -2.48. The topological polar surface area (TPSA) is 249 Å². The fourth-order valence-corrected chi connectivity index (χ4v) is 7.36. The molecule has 1 saturated carbocycles. The molecule has 0 bridgehead atoms. The molecule has 52 heavy (non-hydrogen) atoms. The number of ether oxygens (including phenoxy) is 6. The minimum Gasteiger partial charge on any atom is -0.449 e. The number of hydroxylamine groups is 2. The average Bonchev–Trinajstić information content (AvgIpc) is 3.61. The summed E-state index contributed by atoms with van der Waals surface area (Å²) in [5.74, 6) is 1.24. The summed E-state index contributed by atoms with van der Waals surface area (Å²) in [5.41, 5.74) is 2.13. The Balaban J connectivity index is 1.03. The van der Waals surface area contributed by atoms with Gasteiger partial charge in [0.25, 0.3) is 0 Å². The molecule has 2 saturated heterocycles. The molecule has 19 heteroatoms. The van der Waals surface area contributed by atoms with E-state index >= 15 is 0 Å². The lowest BCUT2D eigenvalue weighted by Crippen LogP contribution is -2.66. The third-order valence-corrected chi connectivity index (χ3v) is 10.2. The van der Waals surface area contributed by atoms with Crippen LogP contribution in [0, 0.1) is 17.8 Å². The fraction of sp³-hybridized carbons (Fsp3) is 0.909. The molecular weight excluding hydrogens is 690 g/mol. The number of likely N-dealkylation sites (N-methyl/N-ethyl adjacent to an activating group) is 1. The predicted molar refractivity (Wildman–Crippen MR) is 177 cm³/mol. The van der Waals surface area contributed by atoms with Crippen molar-refractivity contribution >= 4 is 6.09 Å². The summed E-state index contributed by atoms with van der Waals surface area (Å²) in [4.78, 5) is 18.1. The number of aliphatic hydroxyl groups is 6. The van der Waals surface area contributed by atoms with Gasteiger partial charge in [0.2, 0.25) is 0 Å². The molecule has 1 aromatic heterocycles. The van der Waals surface area contributed by atoms with Crippen molar-refractivity contribution in [3.8, 4) is 0 Å². The number of carbonyl (C=O) groups excluding carboxylic acids is 1. The van der Waals surface area contributed by atoms with E-state index in [1.807, 2.05) is 18.5 Å². The molecule has 7 N–H and O–H groups in total. The standard InChI is InChI=1S/C33H57N5O14/c1-16(2)47-15-38-22-9-7-19-18(6-8-21(22)35-36-38)20(19)14-46-33(45)34-10-11-48-37(5)31-27(43)26(42)29(24(13-40)50-31)52-32-28(44)30(49-17(3)4)25(41)23(12-39)51-32/h16-20,23-32,39-44H,6-15H2,1-5H3,(H,34,45)/t18?,19?,20?,23?,24?,25-,26+,27?,28?,29+,30-,31+,32-/m0/s1. The van der Waals surface area contributed by atoms with Crippen molar-refractivity contribution in [2.24, 2.45) is 17.8 Å². The molecule has 13 atom stereocenters. The minimum absolute atomic E-state index is 0.0281. The third-order valence-electron chi connectivity index (χ3n) is 10.2. The number of carbonyl (C=O) groups is 1. The SMILES string of the molecule is CC(C)OCn1nnc2c1CCC1C(CC2)C1COC(=O)NCCON(C)[C@@H]1OC(CO)[C@@H](O[C@@H]2OC(CO)[C@H](O)[C@H](OC(C)C)C2O)[C@H](O)C1O. The number of nitrogens with zero attached hydrogens (tertiary/aromatic N) is 4. The van der Waals surface area contributed by atoms with E-state index in [4.69, 9.17) is 33.3 Å². The van der Waals surface area contributed by atoms with E-state index in [9.17, 15) is 35.4 Å². The van der Waals surface area contributed by atoms with Gasteiger partial charge in [-0.25, -0.2) is 9.48 Å². The van der Waals surface area contributed by atoms with Crippen molar-refractivity contribution in [1.82, 2.24) is 25.4 Å². The zero-order chi connectivity index (χ0) is 37.7. The van der Waals surface area contributed by atoms with Gasteiger partial charge in [-0.3, -0.25) is 4.84 Å². The zero-order valence-corrected chi connectivity index (χ0v) is 30.5. The summed E-state index contributed by atoms with van der Waals surface area (Å²) in [5, 5.41) is 75.5. The Hall–Kier alpha value is -2.11. The van der Waals surface area contributed by atoms with Gasteiger partial charge in [-0.15, -0.1) is 5.10 Å². The van der Waals surface area contributed by atoms with Crippen LogP contribution < -0.4 is 5.32 Å². The van der Waals surface area contributed by atoms with Gasteiger partial charge in [0, 0.05) is 13.6 Å². The van der Waals surface area contributed by atoms with Crippen LogP contribution in [0.5, 0.6) is 0 Å². The molecule has 2 aliphatic heterocycles. The summed E-state index contributed by atoms with van der Waals surface area (Å²) in [6.07, 6.45) is -11.1. The number of nitrogens with one attached hydrogen (secondary N) is 1. The van der Waals surface area contributed by atoms with Gasteiger partial charge in [0.15, 0.2) is 12.5 Å². The van der Waals surface area contributed by atoms with Gasteiger partial charge in [-0.2, -0.15) is 5.06 Å². The van der Waals surface area contributed by atoms with Crippen molar-refractivity contribution < 1.29 is 68.7 Å². The molecule has 4 aliphatic rings. The molecule has 5 rings (SSSR count). The van der Waals surface area contributed by atoms with E-state index in [0.717, 1.165) is 42.1 Å². The van der Waals surface area contributed by atoms with Crippen LogP contribution in [0.3, 0.4) is 0 Å². The second kappa shape index (κ2) is 18.5. The molecule has 0 radical (unpaired) electrons. The van der Waals surface area contributed by atoms with Gasteiger partial charge in [-0.05, 0) is 71.1 Å². The van der Waals surface area contributed by atoms with Crippen molar-refractivity contribution in [3.63, 3.8) is 0 Å². The summed E-state index contributed by atoms with van der Waals surface area (Å²) in [6.45, 7) is 6.86. The normalized spacial score (nSPS) is 36.3. The summed E-state index contributed by atoms with van der Waals surface area (Å²) < 4.78 is 35.9. The first-order valence-corrected chi connectivity index (χ1v) is 18.2. The summed E-state index contributed by atoms with van der Waals surface area (Å²) >= 11 is 0. The van der Waals surface area contributed by atoms with Crippen LogP contribution in [0.4, 0.5) is 4.79 Å². The highest BCUT2D eigenvalue weighted by molar-refractivity contribution is 5.67. The maximum absolute atomic E-state index is 12.5. The Labute approximate surface area is 303 Å². The summed E-state index contributed by atoms with van der Waals surface area (Å²) in [6, 6.07) is 0. The van der Waals surface area contributed by atoms with Crippen molar-refractivity contribution in [2.75, 3.05) is 40.0 Å². The van der Waals surface area contributed by atoms with Crippen LogP contribution in [0.2, 0.25) is 0 Å². The maximum Gasteiger partial charge on any atom is 0.407 e. The number of aliphatic hydroxyl groups excluding tert-OH is 6. The van der Waals surface area contributed by atoms with E-state index in [1.165, 1.54) is 7.05 Å². The first-order chi connectivity index (χ1) is 24.8. The van der Waals surface area contributed by atoms with Crippen molar-refractivity contribution in [1.29, 1.82) is 0 Å². The molecule has 3 fully saturated rings. The number of alkyl carbamates (subject to hydrolysis) is 1. The predicted octanol–water partition coefficient (Wildman–Crippen LogP) is -1.95. The first-order valence-electron chi connectivity index (χ1n) is 18.2. The Bertz CT molecular complexity index is 1270. The first kappa shape index (κ1) is 41.1. The highest BCUT2D eigenvalue weighted by Crippen LogP contribution is 2.53. The number of aryl methyl sites for hydroxylation is 1. The Morgan fingerprint density at radius 3 is 2.33 bits per heavy atom. The molecule has 2 aliphatic carbocycles. The highest BCUT2D eigenvalue weighted by Gasteiger charge is 2.53. The van der Waals surface area contributed by atoms with E-state index in [1.54, 1.807) is 13.8 Å². The van der Waals surface area contributed by atoms with Crippen LogP contribution in [0.15, 0.2) is 0 Å². The Morgan fingerprint density at radius 2 is 1.65 bits per heavy atom. The smallest absolute Gasteiger partial charge is 0.407 e. The average molecular weight is 748 g/mol. The van der Waals surface area contributed by atoms with Gasteiger partial charge in [0.1, 0.15) is 55.6 Å². The molecule has 7 unspecified atom stereocenters. The van der Waals surface area contributed by atoms with E-state index in [0.29, 0.717) is 31.1 Å². The number of hydrogen-bond donors (Lipinski definition) is 7. The van der Waals surface area contributed by atoms with E-state index < -0.39 is 86.8 Å². The monoisotopic (exact) mass is 747 g/mol. The largest absolute Gasteiger partial charge is 0.449 e. The zero-order valence-electron chi connectivity index (χ0n) is 30.5. The molecule has 19 nitrogen and oxygen atoms in total. The number of aromatic nitrogens is 3. The lowest BCUT2D eigenvalue weighted by molar-refractivity contribution is -0.368. The molecule has 3 heterocycles. The molecule has 0 spiro atoms. The van der Waals surface area contributed by atoms with Gasteiger partial charge in [-0.1, -0.05) is 5.21 Å². The van der Waals surface area contributed by atoms with Gasteiger partial charge >= 0.3 is 6.09 Å². The van der Waals surface area contributed by atoms with Crippen LogP contribution in [-0.2, 0) is 52.8 Å². The maximum atomic E-state index is 12.5. The van der Waals surface area contributed by atoms with Crippen molar-refractivity contribution in [3.05, 3.63) is 11.4 Å². The molecule has 0 aromatic carbocycles. The van der Waals surface area contributed by atoms with Gasteiger partial charge in [0.05, 0.1) is 50.0 Å². The van der Waals surface area contributed by atoms with E-state index in [2.05, 4.69) is 15.6 Å². The van der Waals surface area contributed by atoms with Crippen molar-refractivity contribution in [2.45, 2.75) is 134 Å². The second-order valence-corrected chi connectivity index (χ2v) is 14.5. The number of fused-ring (bicyclic) bond motifs is 2. The summed E-state index contributed by atoms with van der Waals surface area (Å²) in [7, 11) is 1.45. The molecule has 1 amide bonds. The Morgan fingerprint density at radius 1 is 0.942 bits per heavy atom. The molecular formula is C33H57N5O14. The minimum atomic E-state index is -1.64. The molecule has 298 valence electrons. The van der Waals surface area contributed by atoms with Crippen LogP contribution in [0.1, 0.15) is 51.9 Å². The highest BCUT2D eigenvalue weighted by atomic mass is 16.7. The fourth-order valence-electron chi connectivity index (χ4n) is 7.36.